The van der Waals surface area contributed by atoms with Gasteiger partial charge in [0.2, 0.25) is 5.89 Å². The third-order valence-corrected chi connectivity index (χ3v) is 3.06. The van der Waals surface area contributed by atoms with Crippen LogP contribution < -0.4 is 4.74 Å². The zero-order valence-electron chi connectivity index (χ0n) is 12.2. The number of aromatic nitrogens is 3. The molecule has 1 aromatic carbocycles. The smallest absolute Gasteiger partial charge is 0.314 e. The summed E-state index contributed by atoms with van der Waals surface area (Å²) in [5.41, 5.74) is -0.129. The highest BCUT2D eigenvalue weighted by molar-refractivity contribution is 5.51. The van der Waals surface area contributed by atoms with E-state index in [0.29, 0.717) is 0 Å². The molecule has 3 aromatic rings. The quantitative estimate of drug-likeness (QED) is 0.645. The van der Waals surface area contributed by atoms with Gasteiger partial charge in [-0.1, -0.05) is 0 Å². The van der Waals surface area contributed by atoms with E-state index in [4.69, 9.17) is 9.15 Å². The number of nitrogens with zero attached hydrogens (tertiary/aromatic N) is 3. The van der Waals surface area contributed by atoms with Gasteiger partial charge in [-0.05, 0) is 18.2 Å². The van der Waals surface area contributed by atoms with Crippen LogP contribution in [0.1, 0.15) is 18.0 Å². The van der Waals surface area contributed by atoms with Crippen LogP contribution >= 0.6 is 0 Å². The van der Waals surface area contributed by atoms with Crippen molar-refractivity contribution in [2.45, 2.75) is 13.0 Å². The van der Waals surface area contributed by atoms with Crippen LogP contribution in [0, 0.1) is 17.5 Å². The zero-order chi connectivity index (χ0) is 18.0. The molecule has 0 fully saturated rings. The Morgan fingerprint density at radius 3 is 2.44 bits per heavy atom. The molecule has 3 rings (SSSR count). The van der Waals surface area contributed by atoms with Crippen LogP contribution in [0.15, 0.2) is 34.9 Å². The first-order chi connectivity index (χ1) is 11.9. The number of ether oxygens (including phenoxy) is 1. The molecule has 0 saturated carbocycles. The molecule has 130 valence electrons. The second kappa shape index (κ2) is 6.83. The highest BCUT2D eigenvalue weighted by Crippen LogP contribution is 2.24. The fourth-order valence-corrected chi connectivity index (χ4v) is 1.85. The molecule has 0 amide bonds. The fraction of sp³-hybridized carbons (Fsp3) is 0.133. The molecule has 0 radical (unpaired) electrons. The molecule has 0 spiro atoms. The Morgan fingerprint density at radius 1 is 1.00 bits per heavy atom. The standard InChI is InChI=1S/C15H8F5N3O2/c16-9-2-1-8(4-10(9)17)24-6-12-11(18)3-7(5-21-12)14-22-23-15(25-14)13(19)20/h1-5,13H,6H2. The highest BCUT2D eigenvalue weighted by Gasteiger charge is 2.18. The number of pyridine rings is 1. The summed E-state index contributed by atoms with van der Waals surface area (Å²) in [6.07, 6.45) is -1.81. The van der Waals surface area contributed by atoms with Crippen molar-refractivity contribution in [3.05, 3.63) is 59.5 Å². The van der Waals surface area contributed by atoms with Crippen LogP contribution in [0.25, 0.3) is 11.5 Å². The predicted octanol–water partition coefficient (Wildman–Crippen LogP) is 4.07. The minimum Gasteiger partial charge on any atom is -0.487 e. The molecule has 0 unspecified atom stereocenters. The summed E-state index contributed by atoms with van der Waals surface area (Å²) in [6.45, 7) is -0.358. The minimum absolute atomic E-state index is 0.00785. The average Bonchev–Trinajstić information content (AvgIpc) is 3.07. The molecule has 5 nitrogen and oxygen atoms in total. The maximum absolute atomic E-state index is 14.0. The Balaban J connectivity index is 1.74. The third kappa shape index (κ3) is 3.73. The number of hydrogen-bond donors (Lipinski definition) is 0. The van der Waals surface area contributed by atoms with Gasteiger partial charge in [0.1, 0.15) is 23.9 Å². The summed E-state index contributed by atoms with van der Waals surface area (Å²) in [4.78, 5) is 3.78. The molecule has 0 bridgehead atoms. The first kappa shape index (κ1) is 16.8. The fourth-order valence-electron chi connectivity index (χ4n) is 1.85. The van der Waals surface area contributed by atoms with Gasteiger partial charge in [-0.25, -0.2) is 13.2 Å². The van der Waals surface area contributed by atoms with E-state index in [0.717, 1.165) is 24.4 Å². The number of benzene rings is 1. The van der Waals surface area contributed by atoms with Crippen molar-refractivity contribution < 1.29 is 31.1 Å². The van der Waals surface area contributed by atoms with Gasteiger partial charge in [-0.15, -0.1) is 10.2 Å². The van der Waals surface area contributed by atoms with Crippen LogP contribution in [0.4, 0.5) is 22.0 Å². The van der Waals surface area contributed by atoms with Gasteiger partial charge in [-0.3, -0.25) is 4.98 Å². The van der Waals surface area contributed by atoms with Crippen molar-refractivity contribution in [1.82, 2.24) is 15.2 Å². The molecule has 25 heavy (non-hydrogen) atoms. The molecule has 0 aliphatic rings. The second-order valence-electron chi connectivity index (χ2n) is 4.76. The Kier molecular flexibility index (Phi) is 4.59. The Labute approximate surface area is 137 Å². The molecule has 10 heteroatoms. The molecule has 0 saturated heterocycles. The third-order valence-electron chi connectivity index (χ3n) is 3.06. The summed E-state index contributed by atoms with van der Waals surface area (Å²) >= 11 is 0. The molecular formula is C15H8F5N3O2. The lowest BCUT2D eigenvalue weighted by Crippen LogP contribution is -2.02. The summed E-state index contributed by atoms with van der Waals surface area (Å²) in [5, 5.41) is 6.51. The van der Waals surface area contributed by atoms with E-state index >= 15 is 0 Å². The number of halogens is 5. The van der Waals surface area contributed by atoms with E-state index < -0.39 is 29.8 Å². The average molecular weight is 357 g/mol. The first-order valence-electron chi connectivity index (χ1n) is 6.78. The molecule has 0 aliphatic carbocycles. The Bertz CT molecular complexity index is 901. The first-order valence-corrected chi connectivity index (χ1v) is 6.78. The lowest BCUT2D eigenvalue weighted by atomic mass is 10.2. The van der Waals surface area contributed by atoms with Crippen molar-refractivity contribution in [3.8, 4) is 17.2 Å². The summed E-state index contributed by atoms with van der Waals surface area (Å²) in [6, 6.07) is 3.81. The maximum atomic E-state index is 14.0. The van der Waals surface area contributed by atoms with E-state index in [-0.39, 0.29) is 29.5 Å². The van der Waals surface area contributed by atoms with Gasteiger partial charge in [0, 0.05) is 12.3 Å². The maximum Gasteiger partial charge on any atom is 0.314 e. The van der Waals surface area contributed by atoms with Gasteiger partial charge in [-0.2, -0.15) is 8.78 Å². The van der Waals surface area contributed by atoms with E-state index in [1.807, 2.05) is 0 Å². The van der Waals surface area contributed by atoms with Gasteiger partial charge < -0.3 is 9.15 Å². The van der Waals surface area contributed by atoms with E-state index in [9.17, 15) is 22.0 Å². The SMILES string of the molecule is Fc1ccc(OCc2ncc(-c3nnc(C(F)F)o3)cc2F)cc1F. The lowest BCUT2D eigenvalue weighted by Gasteiger charge is -2.07. The summed E-state index contributed by atoms with van der Waals surface area (Å²) in [7, 11) is 0. The van der Waals surface area contributed by atoms with Gasteiger partial charge in [0.15, 0.2) is 11.6 Å². The van der Waals surface area contributed by atoms with Gasteiger partial charge >= 0.3 is 6.43 Å². The van der Waals surface area contributed by atoms with Crippen molar-refractivity contribution in [2.24, 2.45) is 0 Å². The van der Waals surface area contributed by atoms with Crippen LogP contribution in [0.5, 0.6) is 5.75 Å². The number of rotatable bonds is 5. The molecule has 2 aromatic heterocycles. The van der Waals surface area contributed by atoms with Crippen LogP contribution in [0.2, 0.25) is 0 Å². The van der Waals surface area contributed by atoms with E-state index in [1.54, 1.807) is 0 Å². The van der Waals surface area contributed by atoms with Crippen molar-refractivity contribution in [3.63, 3.8) is 0 Å². The normalized spacial score (nSPS) is 11.1. The molecule has 0 aliphatic heterocycles. The number of hydrogen-bond acceptors (Lipinski definition) is 5. The van der Waals surface area contributed by atoms with Crippen LogP contribution in [0.3, 0.4) is 0 Å². The van der Waals surface area contributed by atoms with Crippen LogP contribution in [-0.4, -0.2) is 15.2 Å². The Morgan fingerprint density at radius 2 is 1.80 bits per heavy atom. The van der Waals surface area contributed by atoms with Crippen molar-refractivity contribution >= 4 is 0 Å². The number of alkyl halides is 2. The predicted molar refractivity (Wildman–Crippen MR) is 73.1 cm³/mol. The lowest BCUT2D eigenvalue weighted by molar-refractivity contribution is 0.116. The largest absolute Gasteiger partial charge is 0.487 e. The zero-order valence-corrected chi connectivity index (χ0v) is 12.2. The highest BCUT2D eigenvalue weighted by atomic mass is 19.3. The monoisotopic (exact) mass is 357 g/mol. The van der Waals surface area contributed by atoms with E-state index in [2.05, 4.69) is 15.2 Å². The summed E-state index contributed by atoms with van der Waals surface area (Å²) < 4.78 is 74.5. The topological polar surface area (TPSA) is 61.0 Å². The summed E-state index contributed by atoms with van der Waals surface area (Å²) in [5.74, 6) is -4.17. The molecule has 0 atom stereocenters. The Hall–Kier alpha value is -3.04. The van der Waals surface area contributed by atoms with Gasteiger partial charge in [0.25, 0.3) is 5.89 Å². The minimum atomic E-state index is -2.94. The van der Waals surface area contributed by atoms with Crippen LogP contribution in [-0.2, 0) is 6.61 Å². The van der Waals surface area contributed by atoms with E-state index in [1.165, 1.54) is 6.07 Å². The molecule has 0 N–H and O–H groups in total. The van der Waals surface area contributed by atoms with Crippen molar-refractivity contribution in [1.29, 1.82) is 0 Å². The molecule has 2 heterocycles. The van der Waals surface area contributed by atoms with Crippen molar-refractivity contribution in [2.75, 3.05) is 0 Å². The molecular weight excluding hydrogens is 349 g/mol. The van der Waals surface area contributed by atoms with Gasteiger partial charge in [0.05, 0.1) is 5.56 Å². The second-order valence-corrected chi connectivity index (χ2v) is 4.76.